The first-order valence-corrected chi connectivity index (χ1v) is 1.50. The molecular weight excluding hydrogens is 98.0 g/mol. The van der Waals surface area contributed by atoms with E-state index >= 15 is 0 Å². The fourth-order valence-corrected chi connectivity index (χ4v) is 0.0931. The molecule has 0 amide bonds. The molecule has 0 rings (SSSR count). The van der Waals surface area contributed by atoms with Crippen molar-refractivity contribution in [2.75, 3.05) is 6.54 Å². The Morgan fingerprint density at radius 1 is 2.00 bits per heavy atom. The molecule has 0 saturated carbocycles. The highest BCUT2D eigenvalue weighted by Gasteiger charge is 1.82. The molecule has 0 aliphatic rings. The number of carboxylic acid groups (broad SMARTS) is 1. The van der Waals surface area contributed by atoms with Gasteiger partial charge in [-0.05, 0) is 0 Å². The summed E-state index contributed by atoms with van der Waals surface area (Å²) < 4.78 is 0. The normalized spacial score (nSPS) is 6.86. The van der Waals surface area contributed by atoms with Gasteiger partial charge in [0.1, 0.15) is 10.6 Å². The minimum atomic E-state index is -1.32. The van der Waals surface area contributed by atoms with Gasteiger partial charge in [-0.15, -0.1) is 0 Å². The van der Waals surface area contributed by atoms with E-state index in [2.05, 4.69) is 10.0 Å². The maximum absolute atomic E-state index is 9.41. The van der Waals surface area contributed by atoms with E-state index in [1.807, 2.05) is 0 Å². The maximum atomic E-state index is 9.41. The Hall–Kier alpha value is -1.22. The highest BCUT2D eigenvalue weighted by molar-refractivity contribution is 5.66. The lowest BCUT2D eigenvalue weighted by molar-refractivity contribution is -0.303. The zero-order valence-corrected chi connectivity index (χ0v) is 3.42. The first kappa shape index (κ1) is 5.78. The van der Waals surface area contributed by atoms with Crippen LogP contribution in [0.25, 0.3) is 0 Å². The average molecular weight is 101 g/mol. The molecule has 0 atom stereocenters. The van der Waals surface area contributed by atoms with E-state index < -0.39 is 12.5 Å². The molecule has 0 heterocycles. The van der Waals surface area contributed by atoms with Gasteiger partial charge in [0.2, 0.25) is 4.91 Å². The fourth-order valence-electron chi connectivity index (χ4n) is 0.0931. The quantitative estimate of drug-likeness (QED) is 0.331. The zero-order chi connectivity index (χ0) is 5.70. The van der Waals surface area contributed by atoms with Crippen LogP contribution in [0.2, 0.25) is 0 Å². The summed E-state index contributed by atoms with van der Waals surface area (Å²) in [5.41, 5.74) is 5.96. The SMILES string of the molecule is N=[N+]=NCC(=O)[O-]. The minimum Gasteiger partial charge on any atom is -0.548 e. The Bertz CT molecular complexity index is 114. The molecule has 5 nitrogen and oxygen atoms in total. The number of carbonyl (C=O) groups excluding carboxylic acids is 1. The Morgan fingerprint density at radius 3 is 2.71 bits per heavy atom. The largest absolute Gasteiger partial charge is 0.548 e. The van der Waals surface area contributed by atoms with Crippen molar-refractivity contribution in [2.24, 2.45) is 5.11 Å². The molecule has 0 unspecified atom stereocenters. The molecule has 0 aliphatic carbocycles. The van der Waals surface area contributed by atoms with Crippen molar-refractivity contribution in [2.45, 2.75) is 0 Å². The Morgan fingerprint density at radius 2 is 2.57 bits per heavy atom. The first-order chi connectivity index (χ1) is 3.27. The number of carbonyl (C=O) groups is 1. The number of hydrogen-bond acceptors (Lipinski definition) is 4. The van der Waals surface area contributed by atoms with E-state index in [1.165, 1.54) is 0 Å². The molecule has 0 spiro atoms. The van der Waals surface area contributed by atoms with E-state index in [9.17, 15) is 9.90 Å². The molecule has 0 bridgehead atoms. The van der Waals surface area contributed by atoms with Crippen LogP contribution >= 0.6 is 0 Å². The van der Waals surface area contributed by atoms with E-state index in [4.69, 9.17) is 5.53 Å². The van der Waals surface area contributed by atoms with Crippen molar-refractivity contribution >= 4 is 5.97 Å². The first-order valence-electron chi connectivity index (χ1n) is 1.50. The monoisotopic (exact) mass is 101 g/mol. The van der Waals surface area contributed by atoms with E-state index in [-0.39, 0.29) is 0 Å². The van der Waals surface area contributed by atoms with Crippen LogP contribution in [0.3, 0.4) is 0 Å². The van der Waals surface area contributed by atoms with Gasteiger partial charge in [0.15, 0.2) is 6.54 Å². The second-order valence-electron chi connectivity index (χ2n) is 0.772. The summed E-state index contributed by atoms with van der Waals surface area (Å²) >= 11 is 0. The number of nitrogens with one attached hydrogen (secondary N) is 1. The third-order valence-corrected chi connectivity index (χ3v) is 0.271. The van der Waals surface area contributed by atoms with Crippen LogP contribution in [0.15, 0.2) is 5.11 Å². The number of aliphatic carboxylic acids is 1. The van der Waals surface area contributed by atoms with Crippen molar-refractivity contribution in [1.29, 1.82) is 5.53 Å². The standard InChI is InChI=1S/C2H3N3O2/c3-5-4-1-2(6)7/h3H,1H2. The summed E-state index contributed by atoms with van der Waals surface area (Å²) in [5, 5.41) is 12.2. The van der Waals surface area contributed by atoms with Gasteiger partial charge in [0, 0.05) is 0 Å². The van der Waals surface area contributed by atoms with Gasteiger partial charge in [-0.1, -0.05) is 0 Å². The molecule has 0 aliphatic heterocycles. The summed E-state index contributed by atoms with van der Waals surface area (Å²) in [6, 6.07) is 0. The summed E-state index contributed by atoms with van der Waals surface area (Å²) in [6.45, 7) is -0.524. The molecule has 0 aromatic heterocycles. The smallest absolute Gasteiger partial charge is 0.214 e. The van der Waals surface area contributed by atoms with Gasteiger partial charge >= 0.3 is 0 Å². The highest BCUT2D eigenvalue weighted by Crippen LogP contribution is 1.56. The van der Waals surface area contributed by atoms with Crippen molar-refractivity contribution in [3.05, 3.63) is 0 Å². The molecule has 7 heavy (non-hydrogen) atoms. The summed E-state index contributed by atoms with van der Waals surface area (Å²) in [4.78, 5) is 11.8. The van der Waals surface area contributed by atoms with Crippen molar-refractivity contribution in [3.63, 3.8) is 0 Å². The van der Waals surface area contributed by atoms with Crippen LogP contribution in [0, 0.1) is 5.53 Å². The summed E-state index contributed by atoms with van der Waals surface area (Å²) in [5.74, 6) is -1.32. The molecule has 0 fully saturated rings. The minimum absolute atomic E-state index is 0.524. The van der Waals surface area contributed by atoms with Gasteiger partial charge in [-0.2, -0.15) is 0 Å². The number of rotatable bonds is 2. The second kappa shape index (κ2) is 2.99. The Labute approximate surface area is 39.2 Å². The van der Waals surface area contributed by atoms with E-state index in [1.54, 1.807) is 0 Å². The molecular formula is C2H3N3O2. The topological polar surface area (TPSA) is 90.4 Å². The van der Waals surface area contributed by atoms with Gasteiger partial charge < -0.3 is 9.90 Å². The average Bonchev–Trinajstić information content (AvgIpc) is 1.61. The van der Waals surface area contributed by atoms with Crippen LogP contribution in [-0.2, 0) is 4.79 Å². The predicted octanol–water partition coefficient (Wildman–Crippen LogP) is -1.71. The molecule has 0 radical (unpaired) electrons. The van der Waals surface area contributed by atoms with Crippen LogP contribution in [0.1, 0.15) is 0 Å². The summed E-state index contributed by atoms with van der Waals surface area (Å²) in [6.07, 6.45) is 0. The van der Waals surface area contributed by atoms with Gasteiger partial charge in [0.25, 0.3) is 0 Å². The maximum Gasteiger partial charge on any atom is 0.214 e. The lowest BCUT2D eigenvalue weighted by atomic mass is 10.7. The molecule has 5 heteroatoms. The lowest BCUT2D eigenvalue weighted by Crippen LogP contribution is -2.24. The summed E-state index contributed by atoms with van der Waals surface area (Å²) in [7, 11) is 0. The molecule has 38 valence electrons. The van der Waals surface area contributed by atoms with E-state index in [0.29, 0.717) is 0 Å². The van der Waals surface area contributed by atoms with E-state index in [0.717, 1.165) is 0 Å². The zero-order valence-electron chi connectivity index (χ0n) is 3.42. The van der Waals surface area contributed by atoms with Crippen LogP contribution in [0.5, 0.6) is 0 Å². The third-order valence-electron chi connectivity index (χ3n) is 0.271. The fraction of sp³-hybridized carbons (Fsp3) is 0.500. The van der Waals surface area contributed by atoms with Crippen LogP contribution < -0.4 is 10.0 Å². The Balaban J connectivity index is 3.32. The molecule has 1 N–H and O–H groups in total. The number of nitrogens with zero attached hydrogens (tertiary/aromatic N) is 2. The highest BCUT2D eigenvalue weighted by atomic mass is 16.4. The lowest BCUT2D eigenvalue weighted by Gasteiger charge is -1.82. The number of hydrogen-bond donors (Lipinski definition) is 1. The van der Waals surface area contributed by atoms with Crippen LogP contribution in [0.4, 0.5) is 0 Å². The molecule has 0 aromatic carbocycles. The van der Waals surface area contributed by atoms with Gasteiger partial charge in [-0.25, -0.2) is 0 Å². The van der Waals surface area contributed by atoms with Crippen molar-refractivity contribution < 1.29 is 9.90 Å². The van der Waals surface area contributed by atoms with Gasteiger partial charge in [0.05, 0.1) is 5.97 Å². The number of carboxylic acids is 1. The molecule has 0 aromatic rings. The Kier molecular flexibility index (Phi) is 2.47. The second-order valence-corrected chi connectivity index (χ2v) is 0.772. The van der Waals surface area contributed by atoms with Crippen molar-refractivity contribution in [1.82, 2.24) is 4.91 Å². The van der Waals surface area contributed by atoms with Crippen LogP contribution in [-0.4, -0.2) is 12.5 Å². The predicted molar refractivity (Wildman–Crippen MR) is 17.2 cm³/mol. The third kappa shape index (κ3) is 4.78. The van der Waals surface area contributed by atoms with Crippen molar-refractivity contribution in [3.8, 4) is 0 Å². The van der Waals surface area contributed by atoms with Gasteiger partial charge in [-0.3, -0.25) is 0 Å². The molecule has 0 saturated heterocycles.